The molecule has 1 fully saturated rings. The molecule has 0 aliphatic carbocycles. The lowest BCUT2D eigenvalue weighted by Crippen LogP contribution is -2.44. The van der Waals surface area contributed by atoms with E-state index >= 15 is 0 Å². The minimum atomic E-state index is 0. The summed E-state index contributed by atoms with van der Waals surface area (Å²) in [5.74, 6) is 1.78. The third-order valence-electron chi connectivity index (χ3n) is 4.62. The highest BCUT2D eigenvalue weighted by Gasteiger charge is 2.25. The van der Waals surface area contributed by atoms with Crippen molar-refractivity contribution in [3.8, 4) is 5.75 Å². The molecule has 1 aromatic heterocycles. The predicted octanol–water partition coefficient (Wildman–Crippen LogP) is 3.67. The summed E-state index contributed by atoms with van der Waals surface area (Å²) in [5.41, 5.74) is 1.15. The summed E-state index contributed by atoms with van der Waals surface area (Å²) in [7, 11) is 1.73. The van der Waals surface area contributed by atoms with E-state index in [9.17, 15) is 0 Å². The first-order valence-corrected chi connectivity index (χ1v) is 10.4. The number of ether oxygens (including phenoxy) is 1. The van der Waals surface area contributed by atoms with Crippen LogP contribution in [-0.4, -0.2) is 43.7 Å². The molecular weight excluding hydrogens is 485 g/mol. The largest absolute Gasteiger partial charge is 0.495 e. The summed E-state index contributed by atoms with van der Waals surface area (Å²) in [6.07, 6.45) is 4.05. The minimum Gasteiger partial charge on any atom is -0.495 e. The molecule has 154 valence electrons. The zero-order valence-electron chi connectivity index (χ0n) is 16.8. The van der Waals surface area contributed by atoms with Gasteiger partial charge in [0.15, 0.2) is 5.96 Å². The lowest BCUT2D eigenvalue weighted by Gasteiger charge is -2.22. The van der Waals surface area contributed by atoms with Crippen molar-refractivity contribution >= 4 is 47.0 Å². The molecule has 1 atom stereocenters. The van der Waals surface area contributed by atoms with E-state index in [0.717, 1.165) is 54.9 Å². The summed E-state index contributed by atoms with van der Waals surface area (Å²) in [6.45, 7) is 7.63. The molecule has 1 aliphatic rings. The Morgan fingerprint density at radius 2 is 2.18 bits per heavy atom. The number of hydrogen-bond donors (Lipinski definition) is 2. The van der Waals surface area contributed by atoms with Crippen LogP contribution >= 0.6 is 35.3 Å². The fraction of sp³-hybridized carbons (Fsp3) is 0.500. The maximum atomic E-state index is 5.51. The molecule has 0 radical (unpaired) electrons. The van der Waals surface area contributed by atoms with Gasteiger partial charge in [-0.1, -0.05) is 19.1 Å². The minimum absolute atomic E-state index is 0. The van der Waals surface area contributed by atoms with Crippen molar-refractivity contribution in [2.45, 2.75) is 39.3 Å². The highest BCUT2D eigenvalue weighted by molar-refractivity contribution is 14.0. The number of nitrogens with one attached hydrogen (secondary N) is 2. The van der Waals surface area contributed by atoms with Gasteiger partial charge in [0.05, 0.1) is 19.3 Å². The highest BCUT2D eigenvalue weighted by Crippen LogP contribution is 2.30. The topological polar surface area (TPSA) is 61.8 Å². The van der Waals surface area contributed by atoms with Gasteiger partial charge >= 0.3 is 0 Å². The number of para-hydroxylation sites is 2. The second-order valence-corrected chi connectivity index (χ2v) is 7.72. The zero-order valence-corrected chi connectivity index (χ0v) is 19.9. The number of methoxy groups -OCH3 is 1. The Hall–Kier alpha value is -1.55. The van der Waals surface area contributed by atoms with Gasteiger partial charge < -0.3 is 20.3 Å². The normalized spacial score (nSPS) is 16.6. The van der Waals surface area contributed by atoms with Crippen molar-refractivity contribution in [1.82, 2.24) is 15.6 Å². The van der Waals surface area contributed by atoms with Crippen molar-refractivity contribution in [3.63, 3.8) is 0 Å². The quantitative estimate of drug-likeness (QED) is 0.335. The van der Waals surface area contributed by atoms with E-state index < -0.39 is 0 Å². The third kappa shape index (κ3) is 5.97. The third-order valence-corrected chi connectivity index (χ3v) is 5.75. The molecule has 2 aromatic rings. The van der Waals surface area contributed by atoms with E-state index in [2.05, 4.69) is 46.5 Å². The molecular formula is C20H30IN5OS. The Bertz CT molecular complexity index is 767. The number of rotatable bonds is 7. The Morgan fingerprint density at radius 3 is 2.89 bits per heavy atom. The first-order chi connectivity index (χ1) is 13.2. The molecule has 1 unspecified atom stereocenters. The van der Waals surface area contributed by atoms with Crippen molar-refractivity contribution in [1.29, 1.82) is 0 Å². The summed E-state index contributed by atoms with van der Waals surface area (Å²) in [4.78, 5) is 12.9. The molecule has 0 amide bonds. The van der Waals surface area contributed by atoms with Gasteiger partial charge in [0, 0.05) is 36.8 Å². The smallest absolute Gasteiger partial charge is 0.191 e. The first-order valence-electron chi connectivity index (χ1n) is 9.59. The highest BCUT2D eigenvalue weighted by atomic mass is 127. The molecule has 0 bridgehead atoms. The second-order valence-electron chi connectivity index (χ2n) is 6.52. The van der Waals surface area contributed by atoms with Crippen LogP contribution in [0, 0.1) is 0 Å². The van der Waals surface area contributed by atoms with E-state index in [0.29, 0.717) is 12.6 Å². The van der Waals surface area contributed by atoms with Crippen LogP contribution in [0.3, 0.4) is 0 Å². The average Bonchev–Trinajstić information content (AvgIpc) is 3.35. The van der Waals surface area contributed by atoms with Crippen LogP contribution in [0.2, 0.25) is 0 Å². The lowest BCUT2D eigenvalue weighted by atomic mass is 10.2. The fourth-order valence-electron chi connectivity index (χ4n) is 3.23. The second kappa shape index (κ2) is 11.5. The van der Waals surface area contributed by atoms with Gasteiger partial charge in [0.25, 0.3) is 0 Å². The summed E-state index contributed by atoms with van der Waals surface area (Å²) in [5, 5.41) is 7.99. The number of aromatic nitrogens is 1. The van der Waals surface area contributed by atoms with E-state index in [4.69, 9.17) is 9.73 Å². The van der Waals surface area contributed by atoms with Gasteiger partial charge in [-0.15, -0.1) is 35.3 Å². The number of thiazole rings is 1. The lowest BCUT2D eigenvalue weighted by molar-refractivity contribution is 0.415. The summed E-state index contributed by atoms with van der Waals surface area (Å²) >= 11 is 1.74. The number of benzene rings is 1. The van der Waals surface area contributed by atoms with Gasteiger partial charge in [0.2, 0.25) is 0 Å². The molecule has 2 N–H and O–H groups in total. The van der Waals surface area contributed by atoms with Crippen molar-refractivity contribution in [3.05, 3.63) is 40.3 Å². The van der Waals surface area contributed by atoms with Gasteiger partial charge in [-0.25, -0.2) is 9.98 Å². The fourth-order valence-corrected chi connectivity index (χ4v) is 4.02. The van der Waals surface area contributed by atoms with Crippen molar-refractivity contribution in [2.24, 2.45) is 4.99 Å². The average molecular weight is 515 g/mol. The Kier molecular flexibility index (Phi) is 9.30. The molecule has 0 saturated carbocycles. The van der Waals surface area contributed by atoms with Gasteiger partial charge in [-0.3, -0.25) is 0 Å². The molecule has 0 spiro atoms. The number of aryl methyl sites for hydroxylation is 1. The number of anilines is 1. The molecule has 8 heteroatoms. The number of halogens is 1. The van der Waals surface area contributed by atoms with Crippen LogP contribution in [0.1, 0.15) is 30.2 Å². The van der Waals surface area contributed by atoms with E-state index in [1.165, 1.54) is 4.88 Å². The van der Waals surface area contributed by atoms with E-state index in [-0.39, 0.29) is 24.0 Å². The van der Waals surface area contributed by atoms with Crippen molar-refractivity contribution in [2.75, 3.05) is 31.6 Å². The maximum Gasteiger partial charge on any atom is 0.191 e. The SMILES string of the molecule is CCNC(=NCc1ncc(CC)s1)NC1CCN(c2ccccc2OC)C1.I. The van der Waals surface area contributed by atoms with Crippen LogP contribution in [-0.2, 0) is 13.0 Å². The van der Waals surface area contributed by atoms with Crippen LogP contribution in [0.5, 0.6) is 5.75 Å². The summed E-state index contributed by atoms with van der Waals surface area (Å²) in [6, 6.07) is 8.55. The molecule has 1 aliphatic heterocycles. The van der Waals surface area contributed by atoms with Crippen LogP contribution in [0.25, 0.3) is 0 Å². The standard InChI is InChI=1S/C20H29N5OS.HI/c1-4-16-12-22-19(27-16)13-23-20(21-5-2)24-15-10-11-25(14-15)17-8-6-7-9-18(17)26-3;/h6-9,12,15H,4-5,10-11,13-14H2,1-3H3,(H2,21,23,24);1H. The maximum absolute atomic E-state index is 5.51. The number of guanidine groups is 1. The first kappa shape index (κ1) is 22.7. The van der Waals surface area contributed by atoms with Gasteiger partial charge in [0.1, 0.15) is 10.8 Å². The van der Waals surface area contributed by atoms with E-state index in [1.807, 2.05) is 18.3 Å². The number of nitrogens with zero attached hydrogens (tertiary/aromatic N) is 3. The number of aliphatic imine (C=N–C) groups is 1. The Morgan fingerprint density at radius 1 is 1.36 bits per heavy atom. The molecule has 28 heavy (non-hydrogen) atoms. The molecule has 2 heterocycles. The molecule has 6 nitrogen and oxygen atoms in total. The van der Waals surface area contributed by atoms with Crippen LogP contribution in [0.4, 0.5) is 5.69 Å². The van der Waals surface area contributed by atoms with Crippen LogP contribution in [0.15, 0.2) is 35.5 Å². The monoisotopic (exact) mass is 515 g/mol. The van der Waals surface area contributed by atoms with Crippen LogP contribution < -0.4 is 20.3 Å². The molecule has 1 aromatic carbocycles. The van der Waals surface area contributed by atoms with Gasteiger partial charge in [-0.2, -0.15) is 0 Å². The number of hydrogen-bond acceptors (Lipinski definition) is 5. The van der Waals surface area contributed by atoms with Crippen molar-refractivity contribution < 1.29 is 4.74 Å². The van der Waals surface area contributed by atoms with E-state index in [1.54, 1.807) is 18.4 Å². The molecule has 3 rings (SSSR count). The Balaban J connectivity index is 0.00000280. The predicted molar refractivity (Wildman–Crippen MR) is 128 cm³/mol. The summed E-state index contributed by atoms with van der Waals surface area (Å²) < 4.78 is 5.51. The Labute approximate surface area is 188 Å². The zero-order chi connectivity index (χ0) is 19.1. The molecule has 1 saturated heterocycles. The van der Waals surface area contributed by atoms with Gasteiger partial charge in [-0.05, 0) is 31.9 Å².